The standard InChI is InChI=1S/C16H17BrFNO/c1-20-15-4-2-3-12(16(15)18)10-14(19)9-11-5-7-13(17)8-6-11/h2-8,14H,9-10,19H2,1H3. The summed E-state index contributed by atoms with van der Waals surface area (Å²) in [5, 5.41) is 0. The minimum Gasteiger partial charge on any atom is -0.494 e. The highest BCUT2D eigenvalue weighted by molar-refractivity contribution is 9.10. The highest BCUT2D eigenvalue weighted by Gasteiger charge is 2.12. The number of hydrogen-bond donors (Lipinski definition) is 1. The van der Waals surface area contributed by atoms with Crippen molar-refractivity contribution in [3.63, 3.8) is 0 Å². The van der Waals surface area contributed by atoms with Crippen LogP contribution in [0.3, 0.4) is 0 Å². The molecule has 2 rings (SSSR count). The Morgan fingerprint density at radius 1 is 1.15 bits per heavy atom. The fourth-order valence-electron chi connectivity index (χ4n) is 2.15. The van der Waals surface area contributed by atoms with Gasteiger partial charge in [0, 0.05) is 10.5 Å². The third-order valence-electron chi connectivity index (χ3n) is 3.16. The summed E-state index contributed by atoms with van der Waals surface area (Å²) >= 11 is 3.40. The molecule has 1 unspecified atom stereocenters. The molecule has 0 aliphatic carbocycles. The number of benzene rings is 2. The molecule has 2 nitrogen and oxygen atoms in total. The van der Waals surface area contributed by atoms with E-state index in [1.54, 1.807) is 18.2 Å². The van der Waals surface area contributed by atoms with Gasteiger partial charge in [-0.25, -0.2) is 4.39 Å². The van der Waals surface area contributed by atoms with Crippen molar-refractivity contribution in [2.75, 3.05) is 7.11 Å². The molecular formula is C16H17BrFNO. The van der Waals surface area contributed by atoms with Gasteiger partial charge in [-0.15, -0.1) is 0 Å². The number of methoxy groups -OCH3 is 1. The Morgan fingerprint density at radius 2 is 1.85 bits per heavy atom. The molecule has 106 valence electrons. The molecule has 0 saturated carbocycles. The van der Waals surface area contributed by atoms with E-state index in [4.69, 9.17) is 10.5 Å². The molecule has 0 aliphatic heterocycles. The monoisotopic (exact) mass is 337 g/mol. The van der Waals surface area contributed by atoms with Crippen LogP contribution in [0, 0.1) is 5.82 Å². The van der Waals surface area contributed by atoms with Gasteiger partial charge >= 0.3 is 0 Å². The smallest absolute Gasteiger partial charge is 0.168 e. The van der Waals surface area contributed by atoms with E-state index in [0.29, 0.717) is 18.4 Å². The zero-order valence-corrected chi connectivity index (χ0v) is 12.9. The lowest BCUT2D eigenvalue weighted by molar-refractivity contribution is 0.383. The predicted molar refractivity (Wildman–Crippen MR) is 82.5 cm³/mol. The van der Waals surface area contributed by atoms with Crippen molar-refractivity contribution in [2.24, 2.45) is 5.73 Å². The van der Waals surface area contributed by atoms with Gasteiger partial charge < -0.3 is 10.5 Å². The molecule has 0 saturated heterocycles. The lowest BCUT2D eigenvalue weighted by atomic mass is 9.99. The molecule has 20 heavy (non-hydrogen) atoms. The van der Waals surface area contributed by atoms with Crippen LogP contribution in [0.5, 0.6) is 5.75 Å². The molecule has 2 aromatic rings. The summed E-state index contributed by atoms with van der Waals surface area (Å²) in [4.78, 5) is 0. The summed E-state index contributed by atoms with van der Waals surface area (Å²) in [7, 11) is 1.46. The van der Waals surface area contributed by atoms with Crippen molar-refractivity contribution in [3.8, 4) is 5.75 Å². The first kappa shape index (κ1) is 15.0. The highest BCUT2D eigenvalue weighted by atomic mass is 79.9. The Labute approximate surface area is 126 Å². The van der Waals surface area contributed by atoms with Crippen molar-refractivity contribution < 1.29 is 9.13 Å². The van der Waals surface area contributed by atoms with Crippen LogP contribution in [-0.4, -0.2) is 13.2 Å². The number of halogens is 2. The molecule has 0 radical (unpaired) electrons. The number of nitrogens with two attached hydrogens (primary N) is 1. The fraction of sp³-hybridized carbons (Fsp3) is 0.250. The first-order valence-electron chi connectivity index (χ1n) is 6.41. The minimum atomic E-state index is -0.318. The average molecular weight is 338 g/mol. The third-order valence-corrected chi connectivity index (χ3v) is 3.69. The van der Waals surface area contributed by atoms with Crippen LogP contribution >= 0.6 is 15.9 Å². The van der Waals surface area contributed by atoms with Gasteiger partial charge in [0.15, 0.2) is 11.6 Å². The largest absolute Gasteiger partial charge is 0.494 e. The van der Waals surface area contributed by atoms with Crippen LogP contribution in [0.25, 0.3) is 0 Å². The van der Waals surface area contributed by atoms with Gasteiger partial charge in [-0.1, -0.05) is 40.2 Å². The van der Waals surface area contributed by atoms with Gasteiger partial charge in [-0.05, 0) is 42.2 Å². The van der Waals surface area contributed by atoms with E-state index >= 15 is 0 Å². The molecule has 2 N–H and O–H groups in total. The zero-order chi connectivity index (χ0) is 14.5. The van der Waals surface area contributed by atoms with Gasteiger partial charge in [0.1, 0.15) is 0 Å². The summed E-state index contributed by atoms with van der Waals surface area (Å²) < 4.78 is 20.1. The molecular weight excluding hydrogens is 321 g/mol. The lowest BCUT2D eigenvalue weighted by Crippen LogP contribution is -2.26. The van der Waals surface area contributed by atoms with Crippen LogP contribution in [0.1, 0.15) is 11.1 Å². The fourth-order valence-corrected chi connectivity index (χ4v) is 2.41. The second-order valence-corrected chi connectivity index (χ2v) is 5.64. The summed E-state index contributed by atoms with van der Waals surface area (Å²) in [6.45, 7) is 0. The molecule has 0 heterocycles. The minimum absolute atomic E-state index is 0.127. The lowest BCUT2D eigenvalue weighted by Gasteiger charge is -2.13. The Balaban J connectivity index is 2.04. The van der Waals surface area contributed by atoms with Crippen LogP contribution in [0.15, 0.2) is 46.9 Å². The average Bonchev–Trinajstić information content (AvgIpc) is 2.44. The SMILES string of the molecule is COc1cccc(CC(N)Cc2ccc(Br)cc2)c1F. The number of ether oxygens (including phenoxy) is 1. The van der Waals surface area contributed by atoms with Crippen molar-refractivity contribution in [3.05, 3.63) is 63.9 Å². The second-order valence-electron chi connectivity index (χ2n) is 4.73. The molecule has 2 aromatic carbocycles. The molecule has 0 fully saturated rings. The van der Waals surface area contributed by atoms with E-state index in [2.05, 4.69) is 15.9 Å². The van der Waals surface area contributed by atoms with Crippen LogP contribution in [0.2, 0.25) is 0 Å². The summed E-state index contributed by atoms with van der Waals surface area (Å²) in [6.07, 6.45) is 1.20. The van der Waals surface area contributed by atoms with Crippen molar-refractivity contribution in [1.29, 1.82) is 0 Å². The van der Waals surface area contributed by atoms with E-state index < -0.39 is 0 Å². The van der Waals surface area contributed by atoms with Gasteiger partial charge in [-0.3, -0.25) is 0 Å². The van der Waals surface area contributed by atoms with E-state index in [1.165, 1.54) is 7.11 Å². The third kappa shape index (κ3) is 3.81. The Hall–Kier alpha value is -1.39. The van der Waals surface area contributed by atoms with Crippen molar-refractivity contribution in [2.45, 2.75) is 18.9 Å². The van der Waals surface area contributed by atoms with Crippen molar-refractivity contribution in [1.82, 2.24) is 0 Å². The molecule has 0 aliphatic rings. The Bertz CT molecular complexity index is 571. The Kier molecular flexibility index (Phi) is 5.15. The summed E-state index contributed by atoms with van der Waals surface area (Å²) in [6, 6.07) is 13.0. The summed E-state index contributed by atoms with van der Waals surface area (Å²) in [5.41, 5.74) is 7.85. The first-order chi connectivity index (χ1) is 9.60. The van der Waals surface area contributed by atoms with Crippen LogP contribution in [-0.2, 0) is 12.8 Å². The van der Waals surface area contributed by atoms with Crippen LogP contribution < -0.4 is 10.5 Å². The maximum Gasteiger partial charge on any atom is 0.168 e. The topological polar surface area (TPSA) is 35.2 Å². The quantitative estimate of drug-likeness (QED) is 0.902. The number of rotatable bonds is 5. The maximum atomic E-state index is 14.0. The van der Waals surface area contributed by atoms with E-state index in [-0.39, 0.29) is 17.6 Å². The maximum absolute atomic E-state index is 14.0. The van der Waals surface area contributed by atoms with E-state index in [1.807, 2.05) is 24.3 Å². The summed E-state index contributed by atoms with van der Waals surface area (Å²) in [5.74, 6) is -0.0559. The van der Waals surface area contributed by atoms with E-state index in [0.717, 1.165) is 10.0 Å². The Morgan fingerprint density at radius 3 is 2.50 bits per heavy atom. The highest BCUT2D eigenvalue weighted by Crippen LogP contribution is 2.21. The number of hydrogen-bond acceptors (Lipinski definition) is 2. The molecule has 0 spiro atoms. The molecule has 4 heteroatoms. The molecule has 0 aromatic heterocycles. The normalized spacial score (nSPS) is 12.2. The van der Waals surface area contributed by atoms with E-state index in [9.17, 15) is 4.39 Å². The van der Waals surface area contributed by atoms with Crippen molar-refractivity contribution >= 4 is 15.9 Å². The molecule has 0 amide bonds. The van der Waals surface area contributed by atoms with Gasteiger partial charge in [-0.2, -0.15) is 0 Å². The van der Waals surface area contributed by atoms with Gasteiger partial charge in [0.05, 0.1) is 7.11 Å². The van der Waals surface area contributed by atoms with Crippen LogP contribution in [0.4, 0.5) is 4.39 Å². The zero-order valence-electron chi connectivity index (χ0n) is 11.3. The molecule has 0 bridgehead atoms. The first-order valence-corrected chi connectivity index (χ1v) is 7.21. The predicted octanol–water partition coefficient (Wildman–Crippen LogP) is 3.71. The van der Waals surface area contributed by atoms with Gasteiger partial charge in [0.2, 0.25) is 0 Å². The van der Waals surface area contributed by atoms with Gasteiger partial charge in [0.25, 0.3) is 0 Å². The second kappa shape index (κ2) is 6.86. The molecule has 1 atom stereocenters.